The predicted molar refractivity (Wildman–Crippen MR) is 67.2 cm³/mol. The molecule has 96 valence electrons. The largest absolute Gasteiger partial charge is 0.445 e. The summed E-state index contributed by atoms with van der Waals surface area (Å²) in [6.07, 6.45) is 1.04. The van der Waals surface area contributed by atoms with Gasteiger partial charge in [-0.25, -0.2) is 4.79 Å². The Morgan fingerprint density at radius 2 is 1.94 bits per heavy atom. The van der Waals surface area contributed by atoms with Gasteiger partial charge in [0.1, 0.15) is 6.61 Å². The van der Waals surface area contributed by atoms with Crippen LogP contribution in [0.1, 0.15) is 24.5 Å². The highest BCUT2D eigenvalue weighted by Crippen LogP contribution is 2.10. The van der Waals surface area contributed by atoms with E-state index >= 15 is 0 Å². The van der Waals surface area contributed by atoms with Crippen LogP contribution in [0.25, 0.3) is 0 Å². The minimum absolute atomic E-state index is 0.0965. The Kier molecular flexibility index (Phi) is 3.97. The average molecular weight is 247 g/mol. The second kappa shape index (κ2) is 5.67. The zero-order valence-corrected chi connectivity index (χ0v) is 10.5. The standard InChI is InChI=1S/C14H17NO3/c1-2-11-3-5-12(6-4-11)10-18-14(17)15-8-7-13(16)9-15/h3-6H,2,7-10H2,1H3. The van der Waals surface area contributed by atoms with Gasteiger partial charge in [0.05, 0.1) is 6.54 Å². The number of carbonyl (C=O) groups excluding carboxylic acids is 2. The number of rotatable bonds is 3. The molecule has 0 bridgehead atoms. The molecule has 1 fully saturated rings. The molecule has 18 heavy (non-hydrogen) atoms. The van der Waals surface area contributed by atoms with E-state index in [0.717, 1.165) is 12.0 Å². The third kappa shape index (κ3) is 3.09. The second-order valence-corrected chi connectivity index (χ2v) is 4.43. The molecule has 0 saturated carbocycles. The van der Waals surface area contributed by atoms with E-state index in [4.69, 9.17) is 4.74 Å². The summed E-state index contributed by atoms with van der Waals surface area (Å²) in [4.78, 5) is 24.1. The fraction of sp³-hybridized carbons (Fsp3) is 0.429. The SMILES string of the molecule is CCc1ccc(COC(=O)N2CCC(=O)C2)cc1. The molecule has 1 aromatic rings. The maximum absolute atomic E-state index is 11.6. The number of hydrogen-bond donors (Lipinski definition) is 0. The van der Waals surface area contributed by atoms with Gasteiger partial charge in [-0.15, -0.1) is 0 Å². The summed E-state index contributed by atoms with van der Waals surface area (Å²) in [7, 11) is 0. The van der Waals surface area contributed by atoms with Crippen LogP contribution < -0.4 is 0 Å². The van der Waals surface area contributed by atoms with Crippen molar-refractivity contribution in [1.29, 1.82) is 0 Å². The Labute approximate surface area is 107 Å². The van der Waals surface area contributed by atoms with Crippen LogP contribution >= 0.6 is 0 Å². The summed E-state index contributed by atoms with van der Waals surface area (Å²) >= 11 is 0. The molecule has 1 saturated heterocycles. The molecule has 0 aliphatic carbocycles. The second-order valence-electron chi connectivity index (χ2n) is 4.43. The quantitative estimate of drug-likeness (QED) is 0.822. The summed E-state index contributed by atoms with van der Waals surface area (Å²) in [5.74, 6) is 0.0965. The molecule has 1 aromatic carbocycles. The lowest BCUT2D eigenvalue weighted by Gasteiger charge is -2.14. The molecule has 1 heterocycles. The van der Waals surface area contributed by atoms with Crippen LogP contribution in [-0.2, 0) is 22.6 Å². The molecule has 0 atom stereocenters. The Morgan fingerprint density at radius 3 is 2.50 bits per heavy atom. The van der Waals surface area contributed by atoms with E-state index in [1.54, 1.807) is 0 Å². The van der Waals surface area contributed by atoms with Gasteiger partial charge < -0.3 is 9.64 Å². The van der Waals surface area contributed by atoms with Crippen molar-refractivity contribution in [1.82, 2.24) is 4.90 Å². The van der Waals surface area contributed by atoms with Crippen LogP contribution in [0.5, 0.6) is 0 Å². The summed E-state index contributed by atoms with van der Waals surface area (Å²) in [5.41, 5.74) is 2.22. The van der Waals surface area contributed by atoms with Gasteiger partial charge in [0.15, 0.2) is 5.78 Å². The molecular weight excluding hydrogens is 230 g/mol. The van der Waals surface area contributed by atoms with Crippen LogP contribution in [0.4, 0.5) is 4.79 Å². The van der Waals surface area contributed by atoms with Gasteiger partial charge >= 0.3 is 6.09 Å². The molecule has 1 aliphatic rings. The fourth-order valence-corrected chi connectivity index (χ4v) is 1.89. The van der Waals surface area contributed by atoms with Crippen molar-refractivity contribution >= 4 is 11.9 Å². The van der Waals surface area contributed by atoms with Gasteiger partial charge in [-0.1, -0.05) is 31.2 Å². The van der Waals surface area contributed by atoms with E-state index in [9.17, 15) is 9.59 Å². The highest BCUT2D eigenvalue weighted by Gasteiger charge is 2.24. The first-order chi connectivity index (χ1) is 8.69. The summed E-state index contributed by atoms with van der Waals surface area (Å²) in [6.45, 7) is 3.02. The minimum Gasteiger partial charge on any atom is -0.445 e. The number of aryl methyl sites for hydroxylation is 1. The summed E-state index contributed by atoms with van der Waals surface area (Å²) < 4.78 is 5.17. The third-order valence-corrected chi connectivity index (χ3v) is 3.08. The van der Waals surface area contributed by atoms with Gasteiger partial charge in [0.2, 0.25) is 0 Å². The molecule has 4 nitrogen and oxygen atoms in total. The first kappa shape index (κ1) is 12.6. The molecule has 0 unspecified atom stereocenters. The Bertz CT molecular complexity index is 439. The van der Waals surface area contributed by atoms with Gasteiger partial charge in [-0.2, -0.15) is 0 Å². The molecule has 0 radical (unpaired) electrons. The zero-order valence-electron chi connectivity index (χ0n) is 10.5. The number of likely N-dealkylation sites (tertiary alicyclic amines) is 1. The number of amides is 1. The molecule has 1 amide bonds. The van der Waals surface area contributed by atoms with Gasteiger partial charge in [-0.3, -0.25) is 4.79 Å². The Morgan fingerprint density at radius 1 is 1.28 bits per heavy atom. The molecule has 0 aromatic heterocycles. The van der Waals surface area contributed by atoms with Crippen molar-refractivity contribution in [3.8, 4) is 0 Å². The van der Waals surface area contributed by atoms with Crippen molar-refractivity contribution in [3.05, 3.63) is 35.4 Å². The molecule has 0 spiro atoms. The maximum Gasteiger partial charge on any atom is 0.410 e. The van der Waals surface area contributed by atoms with E-state index in [2.05, 4.69) is 6.92 Å². The first-order valence-corrected chi connectivity index (χ1v) is 6.20. The number of ketones is 1. The minimum atomic E-state index is -0.402. The van der Waals surface area contributed by atoms with Crippen LogP contribution in [0.3, 0.4) is 0 Å². The topological polar surface area (TPSA) is 46.6 Å². The van der Waals surface area contributed by atoms with Gasteiger partial charge in [-0.05, 0) is 17.5 Å². The molecule has 4 heteroatoms. The molecule has 1 aliphatic heterocycles. The summed E-state index contributed by atoms with van der Waals surface area (Å²) in [5, 5.41) is 0. The first-order valence-electron chi connectivity index (χ1n) is 6.20. The van der Waals surface area contributed by atoms with E-state index in [1.165, 1.54) is 10.5 Å². The Balaban J connectivity index is 1.83. The number of benzene rings is 1. The van der Waals surface area contributed by atoms with Crippen molar-refractivity contribution < 1.29 is 14.3 Å². The monoisotopic (exact) mass is 247 g/mol. The van der Waals surface area contributed by atoms with Crippen molar-refractivity contribution in [2.75, 3.05) is 13.1 Å². The normalized spacial score (nSPS) is 14.9. The zero-order chi connectivity index (χ0) is 13.0. The van der Waals surface area contributed by atoms with E-state index in [0.29, 0.717) is 13.0 Å². The van der Waals surface area contributed by atoms with Gasteiger partial charge in [0, 0.05) is 13.0 Å². The Hall–Kier alpha value is -1.84. The smallest absolute Gasteiger partial charge is 0.410 e. The van der Waals surface area contributed by atoms with Crippen LogP contribution in [0.2, 0.25) is 0 Å². The van der Waals surface area contributed by atoms with E-state index in [-0.39, 0.29) is 18.9 Å². The molecule has 2 rings (SSSR count). The highest BCUT2D eigenvalue weighted by molar-refractivity contribution is 5.87. The number of hydrogen-bond acceptors (Lipinski definition) is 3. The molecule has 0 N–H and O–H groups in total. The van der Waals surface area contributed by atoms with Crippen molar-refractivity contribution in [2.45, 2.75) is 26.4 Å². The lowest BCUT2D eigenvalue weighted by molar-refractivity contribution is -0.116. The number of carbonyl (C=O) groups is 2. The maximum atomic E-state index is 11.6. The third-order valence-electron chi connectivity index (χ3n) is 3.08. The summed E-state index contributed by atoms with van der Waals surface area (Å²) in [6, 6.07) is 7.98. The van der Waals surface area contributed by atoms with Crippen LogP contribution in [0, 0.1) is 0 Å². The van der Waals surface area contributed by atoms with Crippen LogP contribution in [-0.4, -0.2) is 29.9 Å². The van der Waals surface area contributed by atoms with E-state index in [1.807, 2.05) is 24.3 Å². The lowest BCUT2D eigenvalue weighted by Crippen LogP contribution is -2.29. The molecular formula is C14H17NO3. The highest BCUT2D eigenvalue weighted by atomic mass is 16.6. The number of ether oxygens (including phenoxy) is 1. The van der Waals surface area contributed by atoms with Gasteiger partial charge in [0.25, 0.3) is 0 Å². The van der Waals surface area contributed by atoms with Crippen molar-refractivity contribution in [3.63, 3.8) is 0 Å². The average Bonchev–Trinajstić information content (AvgIpc) is 2.83. The van der Waals surface area contributed by atoms with Crippen LogP contribution in [0.15, 0.2) is 24.3 Å². The van der Waals surface area contributed by atoms with E-state index < -0.39 is 6.09 Å². The number of nitrogens with zero attached hydrogens (tertiary/aromatic N) is 1. The lowest BCUT2D eigenvalue weighted by atomic mass is 10.1. The number of Topliss-reactive ketones (excluding diaryl/α,β-unsaturated/α-hetero) is 1. The van der Waals surface area contributed by atoms with Crippen molar-refractivity contribution in [2.24, 2.45) is 0 Å². The predicted octanol–water partition coefficient (Wildman–Crippen LogP) is 2.16. The fourth-order valence-electron chi connectivity index (χ4n) is 1.89.